The summed E-state index contributed by atoms with van der Waals surface area (Å²) in [6, 6.07) is 0. The summed E-state index contributed by atoms with van der Waals surface area (Å²) in [5.41, 5.74) is 0. The smallest absolute Gasteiger partial charge is 1.00 e. The Kier molecular flexibility index (Phi) is 4.91. The second-order valence-corrected chi connectivity index (χ2v) is 1.34. The quantitative estimate of drug-likeness (QED) is 0.333. The summed E-state index contributed by atoms with van der Waals surface area (Å²) >= 11 is 0. The van der Waals surface area contributed by atoms with Crippen molar-refractivity contribution in [3.05, 3.63) is 0 Å². The molecule has 6 heteroatoms. The maximum Gasteiger partial charge on any atom is 1.00 e. The summed E-state index contributed by atoms with van der Waals surface area (Å²) < 4.78 is 31.6. The molecule has 0 aromatic carbocycles. The number of hydrogen-bond acceptors (Lipinski definition) is 2. The van der Waals surface area contributed by atoms with Gasteiger partial charge in [-0.15, -0.1) is 0 Å². The van der Waals surface area contributed by atoms with Gasteiger partial charge in [-0.25, -0.2) is 0 Å². The van der Waals surface area contributed by atoms with E-state index in [-0.39, 0.29) is 45.3 Å². The van der Waals surface area contributed by atoms with Crippen LogP contribution in [-0.4, -0.2) is 17.5 Å². The van der Waals surface area contributed by atoms with Crippen LogP contribution >= 0.6 is 0 Å². The first kappa shape index (κ1) is 9.98. The Labute approximate surface area is 73.8 Å². The van der Waals surface area contributed by atoms with Gasteiger partial charge in [0.1, 0.15) is 0 Å². The monoisotopic (exact) mass is 142 g/mol. The Morgan fingerprint density at radius 3 is 1.50 bits per heavy atom. The van der Waals surface area contributed by atoms with E-state index in [0.717, 1.165) is 0 Å². The molecule has 0 fully saturated rings. The maximum absolute atomic E-state index is 8.74. The van der Waals surface area contributed by atoms with Gasteiger partial charge in [-0.3, -0.25) is 9.11 Å². The van der Waals surface area contributed by atoms with Crippen LogP contribution in [0.25, 0.3) is 0 Å². The maximum atomic E-state index is 8.74. The van der Waals surface area contributed by atoms with Gasteiger partial charge in [0, 0.05) is 14.3 Å². The zero-order valence-electron chi connectivity index (χ0n) is 4.12. The fraction of sp³-hybridized carbons (Fsp3) is 0. The Hall–Kier alpha value is 0.870. The number of hydrogen-bond donors (Lipinski definition) is 2. The van der Waals surface area contributed by atoms with Crippen molar-refractivity contribution in [2.45, 2.75) is 0 Å². The van der Waals surface area contributed by atoms with Crippen LogP contribution in [0.15, 0.2) is 0 Å². The normalized spacial score (nSPS) is 9.67. The molecule has 0 saturated carbocycles. The zero-order valence-corrected chi connectivity index (χ0v) is 5.94. The van der Waals surface area contributed by atoms with Gasteiger partial charge in [0.05, 0.1) is 0 Å². The first-order valence-corrected chi connectivity index (χ1v) is 2.10. The first-order chi connectivity index (χ1) is 2.00. The molecule has 54 valence electrons. The average Bonchev–Trinajstić information content (AvgIpc) is 0.722. The van der Waals surface area contributed by atoms with Crippen LogP contribution in [0.1, 0.15) is 15.7 Å². The summed E-state index contributed by atoms with van der Waals surface area (Å²) in [5, 5.41) is 0. The van der Waals surface area contributed by atoms with E-state index in [4.69, 9.17) is 17.5 Å². The van der Waals surface area contributed by atoms with E-state index < -0.39 is 10.4 Å². The summed E-state index contributed by atoms with van der Waals surface area (Å²) in [6.07, 6.45) is 0. The molecule has 0 heterocycles. The topological polar surface area (TPSA) is 74.6 Å². The predicted octanol–water partition coefficient (Wildman–Crippen LogP) is -1.08. The van der Waals surface area contributed by atoms with Gasteiger partial charge in [-0.1, -0.05) is 0 Å². The van der Waals surface area contributed by atoms with Crippen LogP contribution in [0.4, 0.5) is 0 Å². The molecule has 0 saturated heterocycles. The van der Waals surface area contributed by atoms with Gasteiger partial charge < -0.3 is 1.43 Å². The molecule has 0 rings (SSSR count). The van der Waals surface area contributed by atoms with E-state index in [1.807, 2.05) is 0 Å². The summed E-state index contributed by atoms with van der Waals surface area (Å²) in [5.74, 6) is 0. The fourth-order valence-corrected chi connectivity index (χ4v) is 0. The van der Waals surface area contributed by atoms with E-state index in [0.29, 0.717) is 0 Å². The van der Waals surface area contributed by atoms with Crippen molar-refractivity contribution in [1.82, 2.24) is 0 Å². The van der Waals surface area contributed by atoms with Gasteiger partial charge >= 0.3 is 40.0 Å². The summed E-state index contributed by atoms with van der Waals surface area (Å²) in [6.45, 7) is 0. The third-order valence-corrected chi connectivity index (χ3v) is 0. The van der Waals surface area contributed by atoms with Crippen molar-refractivity contribution in [2.24, 2.45) is 0 Å². The molecule has 0 bridgehead atoms. The Balaban J connectivity index is -0.00000000121. The molecule has 0 spiro atoms. The van der Waals surface area contributed by atoms with Crippen molar-refractivity contribution >= 4 is 10.4 Å². The molecular weight excluding hydrogens is 119 g/mol. The van der Waals surface area contributed by atoms with Gasteiger partial charge in [-0.05, 0) is 0 Å². The van der Waals surface area contributed by atoms with Gasteiger partial charge in [0.25, 0.3) is 0 Å². The fourth-order valence-electron chi connectivity index (χ4n) is 0. The third-order valence-electron chi connectivity index (χ3n) is 0. The minimum atomic E-state index is -4.67. The Morgan fingerprint density at radius 2 is 1.50 bits per heavy atom. The van der Waals surface area contributed by atoms with Gasteiger partial charge in [0.2, 0.25) is 0 Å². The first-order valence-electron chi connectivity index (χ1n) is 0.698. The van der Waals surface area contributed by atoms with Crippen LogP contribution in [0.2, 0.25) is 0 Å². The second kappa shape index (κ2) is 2.95. The van der Waals surface area contributed by atoms with Crippen LogP contribution in [0.3, 0.4) is 0 Å². The molecule has 0 aromatic rings. The van der Waals surface area contributed by atoms with E-state index in [1.165, 1.54) is 0 Å². The molecule has 0 radical (unpaired) electrons. The SMILES string of the molecule is O=S(=O)(O)O.[H-].[HH].[HH].[HH].[HH].[HH].[HH].[HH].[HH].[HH].[HH].[Na+]. The van der Waals surface area contributed by atoms with E-state index in [2.05, 4.69) is 0 Å². The van der Waals surface area contributed by atoms with Crippen LogP contribution in [0, 0.1) is 0 Å². The molecule has 0 unspecified atom stereocenters. The van der Waals surface area contributed by atoms with Crippen molar-refractivity contribution in [3.8, 4) is 0 Å². The van der Waals surface area contributed by atoms with E-state index >= 15 is 0 Å². The predicted molar refractivity (Wildman–Crippen MR) is 36.4 cm³/mol. The molecule has 4 nitrogen and oxygen atoms in total. The van der Waals surface area contributed by atoms with Crippen LogP contribution in [0.5, 0.6) is 0 Å². The molecule has 6 heavy (non-hydrogen) atoms. The van der Waals surface area contributed by atoms with Gasteiger partial charge in [0.15, 0.2) is 0 Å². The van der Waals surface area contributed by atoms with Crippen LogP contribution in [-0.2, 0) is 10.4 Å². The molecule has 0 aliphatic heterocycles. The largest absolute Gasteiger partial charge is 1.00 e. The van der Waals surface area contributed by atoms with Crippen molar-refractivity contribution < 1.29 is 62.8 Å². The van der Waals surface area contributed by atoms with Crippen molar-refractivity contribution in [2.75, 3.05) is 0 Å². The van der Waals surface area contributed by atoms with Gasteiger partial charge in [-0.2, -0.15) is 8.42 Å². The molecule has 0 amide bonds. The number of rotatable bonds is 0. The van der Waals surface area contributed by atoms with E-state index in [9.17, 15) is 0 Å². The van der Waals surface area contributed by atoms with Crippen molar-refractivity contribution in [3.63, 3.8) is 0 Å². The molecule has 2 N–H and O–H groups in total. The minimum absolute atomic E-state index is 0. The second-order valence-electron chi connectivity index (χ2n) is 0.448. The third kappa shape index (κ3) is 96.4. The summed E-state index contributed by atoms with van der Waals surface area (Å²) in [4.78, 5) is 0. The average molecular weight is 142 g/mol. The Bertz CT molecular complexity index is 107. The molecule has 0 aliphatic carbocycles. The molecular formula is H23NaO4S. The Morgan fingerprint density at radius 1 is 1.50 bits per heavy atom. The molecule has 0 atom stereocenters. The molecule has 0 aliphatic rings. The zero-order chi connectivity index (χ0) is 4.50. The van der Waals surface area contributed by atoms with Crippen molar-refractivity contribution in [1.29, 1.82) is 0 Å². The minimum Gasteiger partial charge on any atom is -1.00 e. The van der Waals surface area contributed by atoms with Crippen LogP contribution < -0.4 is 29.6 Å². The molecule has 0 aromatic heterocycles. The standard InChI is InChI=1S/Na.H2O4S.10H2.H/c;1-5(2,3)4;;;;;;;;;;;/h;(H2,1,2,3,4);10*1H;/q+1;;;;;;;;;;;;-1. The van der Waals surface area contributed by atoms with E-state index in [1.54, 1.807) is 0 Å². The summed E-state index contributed by atoms with van der Waals surface area (Å²) in [7, 11) is -4.67.